The number of halogens is 1. The molecule has 0 saturated carbocycles. The zero-order valence-electron chi connectivity index (χ0n) is 11.5. The van der Waals surface area contributed by atoms with Gasteiger partial charge in [0.2, 0.25) is 0 Å². The van der Waals surface area contributed by atoms with Crippen molar-refractivity contribution in [3.63, 3.8) is 0 Å². The molecule has 0 amide bonds. The van der Waals surface area contributed by atoms with Gasteiger partial charge in [-0.15, -0.1) is 0 Å². The number of hydrogen-bond acceptors (Lipinski definition) is 3. The molecule has 2 aromatic rings. The fourth-order valence-corrected chi connectivity index (χ4v) is 3.05. The number of benzene rings is 1. The van der Waals surface area contributed by atoms with Crippen molar-refractivity contribution in [1.82, 2.24) is 4.98 Å². The Morgan fingerprint density at radius 1 is 1.40 bits per heavy atom. The molecule has 1 aliphatic rings. The van der Waals surface area contributed by atoms with E-state index in [2.05, 4.69) is 41.1 Å². The number of nitrogens with zero attached hydrogens (tertiary/aromatic N) is 2. The van der Waals surface area contributed by atoms with E-state index in [0.29, 0.717) is 17.6 Å². The van der Waals surface area contributed by atoms with Gasteiger partial charge >= 0.3 is 0 Å². The normalized spacial score (nSPS) is 17.9. The Morgan fingerprint density at radius 2 is 2.20 bits per heavy atom. The molecule has 1 atom stereocenters. The lowest BCUT2D eigenvalue weighted by Gasteiger charge is -2.36. The van der Waals surface area contributed by atoms with Crippen LogP contribution in [0.1, 0.15) is 24.5 Å². The first-order valence-corrected chi connectivity index (χ1v) is 7.30. The van der Waals surface area contributed by atoms with Crippen molar-refractivity contribution >= 4 is 23.1 Å². The zero-order valence-corrected chi connectivity index (χ0v) is 12.3. The summed E-state index contributed by atoms with van der Waals surface area (Å²) >= 11 is 6.41. The maximum absolute atomic E-state index is 6.41. The maximum Gasteiger partial charge on any atom is 0.152 e. The highest BCUT2D eigenvalue weighted by Gasteiger charge is 2.26. The van der Waals surface area contributed by atoms with E-state index in [1.54, 1.807) is 0 Å². The van der Waals surface area contributed by atoms with E-state index in [1.165, 1.54) is 11.3 Å². The van der Waals surface area contributed by atoms with Crippen molar-refractivity contribution in [3.05, 3.63) is 52.7 Å². The van der Waals surface area contributed by atoms with Crippen LogP contribution in [0.4, 0.5) is 11.5 Å². The van der Waals surface area contributed by atoms with Crippen LogP contribution in [-0.4, -0.2) is 11.0 Å². The molecular weight excluding hydrogens is 270 g/mol. The summed E-state index contributed by atoms with van der Waals surface area (Å²) in [4.78, 5) is 6.77. The number of aryl methyl sites for hydroxylation is 1. The van der Waals surface area contributed by atoms with Gasteiger partial charge in [0.05, 0.1) is 5.02 Å². The predicted octanol–water partition coefficient (Wildman–Crippen LogP) is 3.67. The number of nitrogens with two attached hydrogens (primary N) is 1. The van der Waals surface area contributed by atoms with E-state index in [0.717, 1.165) is 24.2 Å². The lowest BCUT2D eigenvalue weighted by molar-refractivity contribution is 0.613. The molecule has 0 radical (unpaired) electrons. The van der Waals surface area contributed by atoms with Crippen molar-refractivity contribution in [3.8, 4) is 0 Å². The summed E-state index contributed by atoms with van der Waals surface area (Å²) in [6, 6.07) is 10.8. The molecule has 1 aromatic carbocycles. The molecule has 3 rings (SSSR count). The second kappa shape index (κ2) is 5.43. The monoisotopic (exact) mass is 287 g/mol. The van der Waals surface area contributed by atoms with Crippen LogP contribution in [-0.2, 0) is 13.0 Å². The lowest BCUT2D eigenvalue weighted by atomic mass is 9.96. The SMILES string of the molecule is CC1CCc2ccccc2N1c1ncc(CN)cc1Cl. The number of para-hydroxylation sites is 1. The molecule has 0 aliphatic carbocycles. The largest absolute Gasteiger partial charge is 0.326 e. The summed E-state index contributed by atoms with van der Waals surface area (Å²) in [5.41, 5.74) is 9.16. The third kappa shape index (κ3) is 2.28. The summed E-state index contributed by atoms with van der Waals surface area (Å²) in [5, 5.41) is 0.663. The molecule has 0 bridgehead atoms. The van der Waals surface area contributed by atoms with Crippen molar-refractivity contribution in [1.29, 1.82) is 0 Å². The first kappa shape index (κ1) is 13.4. The van der Waals surface area contributed by atoms with Gasteiger partial charge in [0.15, 0.2) is 5.82 Å². The van der Waals surface area contributed by atoms with Crippen molar-refractivity contribution in [2.45, 2.75) is 32.4 Å². The predicted molar refractivity (Wildman–Crippen MR) is 83.5 cm³/mol. The summed E-state index contributed by atoms with van der Waals surface area (Å²) in [6.45, 7) is 2.67. The average Bonchev–Trinajstić information content (AvgIpc) is 2.48. The van der Waals surface area contributed by atoms with Crippen molar-refractivity contribution in [2.75, 3.05) is 4.90 Å². The van der Waals surface area contributed by atoms with Crippen LogP contribution in [0.15, 0.2) is 36.5 Å². The van der Waals surface area contributed by atoms with Crippen LogP contribution in [0.2, 0.25) is 5.02 Å². The van der Waals surface area contributed by atoms with Crippen LogP contribution < -0.4 is 10.6 Å². The summed E-state index contributed by atoms with van der Waals surface area (Å²) in [5.74, 6) is 0.823. The van der Waals surface area contributed by atoms with Gasteiger partial charge in [0, 0.05) is 24.5 Å². The fraction of sp³-hybridized carbons (Fsp3) is 0.312. The quantitative estimate of drug-likeness (QED) is 0.916. The third-order valence-corrected chi connectivity index (χ3v) is 4.14. The van der Waals surface area contributed by atoms with Crippen LogP contribution in [0.5, 0.6) is 0 Å². The van der Waals surface area contributed by atoms with Gasteiger partial charge < -0.3 is 10.6 Å². The molecule has 2 heterocycles. The number of rotatable bonds is 2. The molecule has 2 N–H and O–H groups in total. The average molecular weight is 288 g/mol. The molecule has 0 saturated heterocycles. The summed E-state index contributed by atoms with van der Waals surface area (Å²) in [7, 11) is 0. The number of anilines is 2. The molecule has 3 nitrogen and oxygen atoms in total. The van der Waals surface area contributed by atoms with Gasteiger partial charge in [-0.1, -0.05) is 29.8 Å². The highest BCUT2D eigenvalue weighted by molar-refractivity contribution is 6.33. The number of pyridine rings is 1. The Labute approximate surface area is 124 Å². The van der Waals surface area contributed by atoms with E-state index < -0.39 is 0 Å². The van der Waals surface area contributed by atoms with Gasteiger partial charge in [0.1, 0.15) is 0 Å². The van der Waals surface area contributed by atoms with Crippen molar-refractivity contribution in [2.24, 2.45) is 5.73 Å². The Balaban J connectivity index is 2.09. The van der Waals surface area contributed by atoms with Crippen LogP contribution >= 0.6 is 11.6 Å². The highest BCUT2D eigenvalue weighted by atomic mass is 35.5. The molecule has 0 spiro atoms. The minimum atomic E-state index is 0.388. The lowest BCUT2D eigenvalue weighted by Crippen LogP contribution is -2.34. The topological polar surface area (TPSA) is 42.2 Å². The molecule has 1 unspecified atom stereocenters. The summed E-state index contributed by atoms with van der Waals surface area (Å²) in [6.07, 6.45) is 4.02. The second-order valence-electron chi connectivity index (χ2n) is 5.24. The minimum absolute atomic E-state index is 0.388. The van der Waals surface area contributed by atoms with Gasteiger partial charge in [-0.05, 0) is 43.0 Å². The van der Waals surface area contributed by atoms with E-state index in [-0.39, 0.29) is 0 Å². The van der Waals surface area contributed by atoms with Gasteiger partial charge in [-0.25, -0.2) is 4.98 Å². The smallest absolute Gasteiger partial charge is 0.152 e. The fourth-order valence-electron chi connectivity index (χ4n) is 2.77. The van der Waals surface area contributed by atoms with Crippen LogP contribution in [0.3, 0.4) is 0 Å². The maximum atomic E-state index is 6.41. The van der Waals surface area contributed by atoms with Crippen LogP contribution in [0, 0.1) is 0 Å². The molecule has 1 aliphatic heterocycles. The van der Waals surface area contributed by atoms with E-state index >= 15 is 0 Å². The third-order valence-electron chi connectivity index (χ3n) is 3.87. The first-order chi connectivity index (χ1) is 9.70. The Kier molecular flexibility index (Phi) is 3.64. The van der Waals surface area contributed by atoms with E-state index in [4.69, 9.17) is 17.3 Å². The molecule has 0 fully saturated rings. The first-order valence-electron chi connectivity index (χ1n) is 6.92. The molecule has 4 heteroatoms. The molecule has 1 aromatic heterocycles. The Bertz CT molecular complexity index is 627. The van der Waals surface area contributed by atoms with Crippen molar-refractivity contribution < 1.29 is 0 Å². The second-order valence-corrected chi connectivity index (χ2v) is 5.65. The van der Waals surface area contributed by atoms with E-state index in [9.17, 15) is 0 Å². The molecule has 20 heavy (non-hydrogen) atoms. The molecule has 104 valence electrons. The standard InChI is InChI=1S/C16H18ClN3/c1-11-6-7-13-4-2-3-5-15(13)20(11)16-14(17)8-12(9-18)10-19-16/h2-5,8,10-11H,6-7,9,18H2,1H3. The van der Waals surface area contributed by atoms with E-state index in [1.807, 2.05) is 12.3 Å². The van der Waals surface area contributed by atoms with Gasteiger partial charge in [-0.3, -0.25) is 0 Å². The highest BCUT2D eigenvalue weighted by Crippen LogP contribution is 2.38. The number of aromatic nitrogens is 1. The van der Waals surface area contributed by atoms with Crippen LogP contribution in [0.25, 0.3) is 0 Å². The van der Waals surface area contributed by atoms with Gasteiger partial charge in [0.25, 0.3) is 0 Å². The summed E-state index contributed by atoms with van der Waals surface area (Å²) < 4.78 is 0. The zero-order chi connectivity index (χ0) is 14.1. The minimum Gasteiger partial charge on any atom is -0.326 e. The Morgan fingerprint density at radius 3 is 2.95 bits per heavy atom. The number of hydrogen-bond donors (Lipinski definition) is 1. The Hall–Kier alpha value is -1.58. The van der Waals surface area contributed by atoms with Gasteiger partial charge in [-0.2, -0.15) is 0 Å². The molecular formula is C16H18ClN3. The number of fused-ring (bicyclic) bond motifs is 1.